The molecule has 17 nitrogen and oxygen atoms in total. The third-order valence-electron chi connectivity index (χ3n) is 9.35. The number of halogens is 2. The molecule has 4 bridgehead atoms. The van der Waals surface area contributed by atoms with Gasteiger partial charge in [-0.1, -0.05) is 35.9 Å². The molecule has 9 rings (SSSR count). The van der Waals surface area contributed by atoms with E-state index in [1.54, 1.807) is 6.33 Å². The Morgan fingerprint density at radius 3 is 2.83 bits per heavy atom. The number of nitrogens with one attached hydrogen (secondary N) is 2. The third-order valence-corrected chi connectivity index (χ3v) is 13.5. The number of nitrogens with zero attached hydrogens (tertiary/aromatic N) is 5. The van der Waals surface area contributed by atoms with Crippen molar-refractivity contribution in [2.24, 2.45) is 5.92 Å². The van der Waals surface area contributed by atoms with Gasteiger partial charge in [0.15, 0.2) is 23.6 Å². The van der Waals surface area contributed by atoms with E-state index in [9.17, 15) is 13.9 Å². The number of aromatic amines is 1. The normalized spacial score (nSPS) is 38.9. The molecule has 250 valence electrons. The van der Waals surface area contributed by atoms with Crippen LogP contribution < -0.4 is 16.6 Å². The highest BCUT2D eigenvalue weighted by atomic mass is 127. The van der Waals surface area contributed by atoms with Gasteiger partial charge in [0.1, 0.15) is 24.9 Å². The van der Waals surface area contributed by atoms with Gasteiger partial charge in [0, 0.05) is 24.8 Å². The average Bonchev–Trinajstić information content (AvgIpc) is 3.72. The minimum absolute atomic E-state index is 0.0922. The number of hydrogen-bond donors (Lipinski definition) is 3. The van der Waals surface area contributed by atoms with Crippen LogP contribution in [0.5, 0.6) is 0 Å². The van der Waals surface area contributed by atoms with Gasteiger partial charge in [-0.05, 0) is 24.9 Å². The van der Waals surface area contributed by atoms with Crippen LogP contribution in [-0.4, -0.2) is 82.0 Å². The van der Waals surface area contributed by atoms with Crippen molar-refractivity contribution in [3.8, 4) is 0 Å². The highest BCUT2D eigenvalue weighted by Gasteiger charge is 2.86. The number of anilines is 1. The SMILES string of the molecule is C/C=C/I=C(C)c1ncn([C@@H]2O[C@@]34CO[P+](=O)O[C@]5(n6cnc7c(=O)[nH]c(N)nc76)CN[C@H](CO[P+](=O)O[C@@]6(C3)O[C@@H]2[C@@H]46)[C@H]5F)c1C. The number of H-pyrrole nitrogens is 1. The van der Waals surface area contributed by atoms with Crippen LogP contribution in [0.1, 0.15) is 37.9 Å². The quantitative estimate of drug-likeness (QED) is 0.256. The lowest BCUT2D eigenvalue weighted by atomic mass is 9.59. The van der Waals surface area contributed by atoms with Gasteiger partial charge in [-0.2, -0.15) is 4.98 Å². The van der Waals surface area contributed by atoms with Crippen molar-refractivity contribution in [3.05, 3.63) is 44.6 Å². The van der Waals surface area contributed by atoms with Crippen molar-refractivity contribution in [2.75, 3.05) is 25.5 Å². The molecule has 0 aromatic carbocycles. The van der Waals surface area contributed by atoms with Gasteiger partial charge in [0.25, 0.3) is 5.56 Å². The summed E-state index contributed by atoms with van der Waals surface area (Å²) in [6.07, 6.45) is 1.88. The Kier molecular flexibility index (Phi) is 7.64. The maximum Gasteiger partial charge on any atom is 0.700 e. The molecule has 6 fully saturated rings. The number of hydrogen-bond acceptors (Lipinski definition) is 14. The number of fused-ring (bicyclic) bond motifs is 7. The Balaban J connectivity index is 1.12. The first-order chi connectivity index (χ1) is 22.5. The van der Waals surface area contributed by atoms with Crippen LogP contribution in [0.2, 0.25) is 0 Å². The molecule has 0 amide bonds. The number of aromatic nitrogens is 6. The van der Waals surface area contributed by atoms with Crippen LogP contribution in [0.15, 0.2) is 27.6 Å². The molecule has 8 heterocycles. The molecular formula is C26H30FIN8O9P2+2. The monoisotopic (exact) mass is 806 g/mol. The Labute approximate surface area is 277 Å². The summed E-state index contributed by atoms with van der Waals surface area (Å²) < 4.78 is 85.3. The Morgan fingerprint density at radius 1 is 1.21 bits per heavy atom. The molecule has 2 spiro atoms. The van der Waals surface area contributed by atoms with Crippen molar-refractivity contribution in [1.82, 2.24) is 34.4 Å². The van der Waals surface area contributed by atoms with Crippen molar-refractivity contribution in [1.29, 1.82) is 0 Å². The first-order valence-electron chi connectivity index (χ1n) is 14.7. The molecule has 3 aromatic heterocycles. The maximum absolute atomic E-state index is 16.4. The topological polar surface area (TPSA) is 209 Å². The molecule has 4 N–H and O–H groups in total. The zero-order valence-corrected chi connectivity index (χ0v) is 29.1. The molecule has 5 saturated heterocycles. The lowest BCUT2D eigenvalue weighted by molar-refractivity contribution is -0.421. The molecule has 10 atom stereocenters. The minimum Gasteiger partial charge on any atom is -0.369 e. The van der Waals surface area contributed by atoms with Crippen LogP contribution in [0, 0.1) is 12.8 Å². The molecule has 1 saturated carbocycles. The van der Waals surface area contributed by atoms with E-state index in [0.29, 0.717) is 0 Å². The lowest BCUT2D eigenvalue weighted by Gasteiger charge is -2.61. The zero-order valence-electron chi connectivity index (χ0n) is 25.2. The molecule has 6 aliphatic rings. The molecule has 47 heavy (non-hydrogen) atoms. The highest BCUT2D eigenvalue weighted by Crippen LogP contribution is 2.72. The summed E-state index contributed by atoms with van der Waals surface area (Å²) in [5, 5.41) is 2.92. The second kappa shape index (κ2) is 11.3. The second-order valence-electron chi connectivity index (χ2n) is 12.0. The van der Waals surface area contributed by atoms with E-state index in [2.05, 4.69) is 36.3 Å². The van der Waals surface area contributed by atoms with Gasteiger partial charge in [-0.15, -0.1) is 9.05 Å². The van der Waals surface area contributed by atoms with Crippen LogP contribution >= 0.6 is 37.2 Å². The number of rotatable bonds is 4. The number of nitrogens with two attached hydrogens (primary N) is 1. The van der Waals surface area contributed by atoms with Crippen LogP contribution in [0.25, 0.3) is 11.2 Å². The van der Waals surface area contributed by atoms with E-state index in [4.69, 9.17) is 33.3 Å². The summed E-state index contributed by atoms with van der Waals surface area (Å²) in [7, 11) is -5.76. The predicted octanol–water partition coefficient (Wildman–Crippen LogP) is 2.69. The fraction of sp³-hybridized carbons (Fsp3) is 0.577. The van der Waals surface area contributed by atoms with E-state index in [0.717, 1.165) is 22.3 Å². The Bertz CT molecular complexity index is 1960. The standard InChI is InChI=1S/C26H29FIN8O9P2/c1-4-5-28-12(2)15-13(3)35(10-31-15)22-17-18-24(43-22)7-26(18,42-17)45-46(38)40-6-14-19(27)25(8-30-14,44-47(39)41-9-24)36-11-32-16-20(36)33-23(29)34-21(16)37/h4-5,10-11,14,17-19,22,30H,6-9H2,1-3H3,(H2-,29,33,34,37)/q+1/p+1/b5-4+/t14-,17-,18+,19-,22-,24-,25-,26-/m1/s1. The summed E-state index contributed by atoms with van der Waals surface area (Å²) >= 11 is -0.332. The molecule has 5 aliphatic heterocycles. The molecule has 21 heteroatoms. The first kappa shape index (κ1) is 31.8. The Hall–Kier alpha value is -2.45. The maximum atomic E-state index is 16.4. The van der Waals surface area contributed by atoms with E-state index < -0.39 is 76.3 Å². The fourth-order valence-electron chi connectivity index (χ4n) is 7.26. The zero-order chi connectivity index (χ0) is 32.9. The number of allylic oxidation sites excluding steroid dienone is 1. The van der Waals surface area contributed by atoms with E-state index in [1.807, 2.05) is 24.5 Å². The number of alkyl halides is 1. The van der Waals surface area contributed by atoms with Crippen molar-refractivity contribution in [2.45, 2.75) is 68.9 Å². The summed E-state index contributed by atoms with van der Waals surface area (Å²) in [6.45, 7) is 5.10. The van der Waals surface area contributed by atoms with Crippen molar-refractivity contribution in [3.63, 3.8) is 0 Å². The molecular weight excluding hydrogens is 776 g/mol. The molecule has 1 aliphatic carbocycles. The second-order valence-corrected chi connectivity index (χ2v) is 16.7. The lowest BCUT2D eigenvalue weighted by Crippen LogP contribution is -2.77. The number of nitrogen functional groups attached to an aromatic ring is 1. The third kappa shape index (κ3) is 4.69. The van der Waals surface area contributed by atoms with Gasteiger partial charge in [0.05, 0.1) is 36.9 Å². The largest absolute Gasteiger partial charge is 0.700 e. The van der Waals surface area contributed by atoms with Gasteiger partial charge in [0.2, 0.25) is 17.5 Å². The summed E-state index contributed by atoms with van der Waals surface area (Å²) in [6, 6.07) is -1.10. The first-order valence-corrected chi connectivity index (χ1v) is 19.2. The van der Waals surface area contributed by atoms with Gasteiger partial charge >= 0.3 is 16.5 Å². The fourth-order valence-corrected chi connectivity index (χ4v) is 10.7. The van der Waals surface area contributed by atoms with Gasteiger partial charge in [-0.25, -0.2) is 14.4 Å². The number of ether oxygens (including phenoxy) is 2. The average molecular weight is 806 g/mol. The van der Waals surface area contributed by atoms with Crippen LogP contribution in [0.4, 0.5) is 10.3 Å². The van der Waals surface area contributed by atoms with Gasteiger partial charge < -0.3 is 25.1 Å². The summed E-state index contributed by atoms with van der Waals surface area (Å²) in [4.78, 5) is 27.7. The predicted molar refractivity (Wildman–Crippen MR) is 171 cm³/mol. The number of imidazole rings is 2. The van der Waals surface area contributed by atoms with Crippen LogP contribution in [-0.2, 0) is 42.4 Å². The molecule has 2 unspecified atom stereocenters. The smallest absolute Gasteiger partial charge is 0.369 e. The summed E-state index contributed by atoms with van der Waals surface area (Å²) in [5.74, 6) is -1.96. The Morgan fingerprint density at radius 2 is 2.02 bits per heavy atom. The minimum atomic E-state index is -3.00. The van der Waals surface area contributed by atoms with Crippen molar-refractivity contribution < 1.29 is 41.1 Å². The van der Waals surface area contributed by atoms with E-state index in [1.165, 1.54) is 3.51 Å². The van der Waals surface area contributed by atoms with Crippen molar-refractivity contribution >= 4 is 57.9 Å². The van der Waals surface area contributed by atoms with Crippen LogP contribution in [0.3, 0.4) is 0 Å². The van der Waals surface area contributed by atoms with E-state index in [-0.39, 0.29) is 57.4 Å². The molecule has 0 radical (unpaired) electrons. The van der Waals surface area contributed by atoms with Gasteiger partial charge in [-0.3, -0.25) is 14.3 Å². The van der Waals surface area contributed by atoms with E-state index >= 15 is 4.39 Å². The highest BCUT2D eigenvalue weighted by molar-refractivity contribution is 14.2. The summed E-state index contributed by atoms with van der Waals surface area (Å²) in [5.41, 5.74) is 3.57. The molecule has 3 aromatic rings.